The average Bonchev–Trinajstić information content (AvgIpc) is 3.01. The van der Waals surface area contributed by atoms with Crippen LogP contribution in [-0.2, 0) is 24.4 Å². The highest BCUT2D eigenvalue weighted by atomic mass is 19.4. The first kappa shape index (κ1) is 17.5. The molecule has 2 heterocycles. The molecule has 1 aliphatic heterocycles. The van der Waals surface area contributed by atoms with E-state index >= 15 is 0 Å². The van der Waals surface area contributed by atoms with Gasteiger partial charge in [-0.05, 0) is 30.5 Å². The molecular formula is C18H20F3N3O. The number of carbonyl (C=O) groups excluding carboxylic acids is 1. The summed E-state index contributed by atoms with van der Waals surface area (Å²) in [4.78, 5) is 14.3. The van der Waals surface area contributed by atoms with Crippen molar-refractivity contribution in [2.75, 3.05) is 13.1 Å². The molecule has 0 N–H and O–H groups in total. The lowest BCUT2D eigenvalue weighted by atomic mass is 9.94. The maximum atomic E-state index is 12.8. The molecule has 1 amide bonds. The van der Waals surface area contributed by atoms with E-state index in [1.54, 1.807) is 15.6 Å². The zero-order valence-electron chi connectivity index (χ0n) is 14.0. The number of piperidine rings is 1. The lowest BCUT2D eigenvalue weighted by Gasteiger charge is -2.32. The van der Waals surface area contributed by atoms with Crippen molar-refractivity contribution in [1.82, 2.24) is 14.7 Å². The van der Waals surface area contributed by atoms with Crippen LogP contribution < -0.4 is 0 Å². The van der Waals surface area contributed by atoms with Gasteiger partial charge in [0, 0.05) is 32.3 Å². The van der Waals surface area contributed by atoms with Gasteiger partial charge in [-0.15, -0.1) is 0 Å². The summed E-state index contributed by atoms with van der Waals surface area (Å²) in [5.74, 6) is 0.0420. The Balaban J connectivity index is 1.67. The smallest absolute Gasteiger partial charge is 0.342 e. The van der Waals surface area contributed by atoms with Gasteiger partial charge in [-0.25, -0.2) is 0 Å². The van der Waals surface area contributed by atoms with E-state index in [4.69, 9.17) is 0 Å². The van der Waals surface area contributed by atoms with E-state index in [0.29, 0.717) is 18.7 Å². The fourth-order valence-electron chi connectivity index (χ4n) is 3.24. The molecule has 1 aromatic carbocycles. The summed E-state index contributed by atoms with van der Waals surface area (Å²) in [7, 11) is 1.85. The number of hydrogen-bond acceptors (Lipinski definition) is 2. The third-order valence-electron chi connectivity index (χ3n) is 4.54. The van der Waals surface area contributed by atoms with Crippen LogP contribution in [-0.4, -0.2) is 33.7 Å². The van der Waals surface area contributed by atoms with Gasteiger partial charge in [-0.1, -0.05) is 18.2 Å². The van der Waals surface area contributed by atoms with E-state index in [-0.39, 0.29) is 18.2 Å². The van der Waals surface area contributed by atoms with Crippen LogP contribution in [0.15, 0.2) is 36.5 Å². The number of halogens is 3. The first-order valence-electron chi connectivity index (χ1n) is 8.26. The van der Waals surface area contributed by atoms with Crippen LogP contribution >= 0.6 is 0 Å². The first-order chi connectivity index (χ1) is 11.8. The van der Waals surface area contributed by atoms with Gasteiger partial charge in [0.15, 0.2) is 0 Å². The second-order valence-corrected chi connectivity index (χ2v) is 6.47. The molecule has 4 nitrogen and oxygen atoms in total. The first-order valence-corrected chi connectivity index (χ1v) is 8.26. The standard InChI is InChI=1S/C18H20F3N3O/c1-23-9-7-16(22-23)14-5-3-8-24(12-14)17(25)11-13-4-2-6-15(10-13)18(19,20)21/h2,4,6-7,9-10,14H,3,5,8,11-12H2,1H3/t14-/m1/s1. The van der Waals surface area contributed by atoms with Gasteiger partial charge in [0.05, 0.1) is 17.7 Å². The molecule has 25 heavy (non-hydrogen) atoms. The lowest BCUT2D eigenvalue weighted by Crippen LogP contribution is -2.40. The van der Waals surface area contributed by atoms with Gasteiger partial charge in [0.2, 0.25) is 5.91 Å². The second kappa shape index (κ2) is 6.90. The van der Waals surface area contributed by atoms with Crippen molar-refractivity contribution >= 4 is 5.91 Å². The fraction of sp³-hybridized carbons (Fsp3) is 0.444. The number of hydrogen-bond donors (Lipinski definition) is 0. The Hall–Kier alpha value is -2.31. The molecule has 0 radical (unpaired) electrons. The molecule has 7 heteroatoms. The molecule has 2 aromatic rings. The van der Waals surface area contributed by atoms with Gasteiger partial charge in [-0.2, -0.15) is 18.3 Å². The van der Waals surface area contributed by atoms with Crippen LogP contribution in [0.5, 0.6) is 0 Å². The number of benzene rings is 1. The fourth-order valence-corrected chi connectivity index (χ4v) is 3.24. The number of nitrogens with zero attached hydrogens (tertiary/aromatic N) is 3. The van der Waals surface area contributed by atoms with Crippen molar-refractivity contribution in [3.05, 3.63) is 53.3 Å². The molecule has 1 atom stereocenters. The minimum absolute atomic E-state index is 0.0150. The number of amides is 1. The Morgan fingerprint density at radius 1 is 1.32 bits per heavy atom. The molecule has 0 unspecified atom stereocenters. The molecule has 134 valence electrons. The van der Waals surface area contributed by atoms with E-state index in [1.165, 1.54) is 6.07 Å². The number of alkyl halides is 3. The van der Waals surface area contributed by atoms with Gasteiger partial charge in [0.1, 0.15) is 0 Å². The summed E-state index contributed by atoms with van der Waals surface area (Å²) >= 11 is 0. The molecule has 3 rings (SSSR count). The van der Waals surface area contributed by atoms with Gasteiger partial charge >= 0.3 is 6.18 Å². The number of aryl methyl sites for hydroxylation is 1. The van der Waals surface area contributed by atoms with Crippen LogP contribution in [0.4, 0.5) is 13.2 Å². The molecular weight excluding hydrogens is 331 g/mol. The van der Waals surface area contributed by atoms with E-state index in [9.17, 15) is 18.0 Å². The quantitative estimate of drug-likeness (QED) is 0.850. The zero-order valence-corrected chi connectivity index (χ0v) is 14.0. The highest BCUT2D eigenvalue weighted by Crippen LogP contribution is 2.30. The normalized spacial score (nSPS) is 18.4. The Morgan fingerprint density at radius 3 is 2.80 bits per heavy atom. The second-order valence-electron chi connectivity index (χ2n) is 6.47. The van der Waals surface area contributed by atoms with E-state index < -0.39 is 11.7 Å². The Bertz CT molecular complexity index is 754. The predicted molar refractivity (Wildman–Crippen MR) is 86.9 cm³/mol. The summed E-state index contributed by atoms with van der Waals surface area (Å²) in [6.45, 7) is 1.20. The topological polar surface area (TPSA) is 38.1 Å². The minimum Gasteiger partial charge on any atom is -0.342 e. The van der Waals surface area contributed by atoms with E-state index in [1.807, 2.05) is 19.3 Å². The van der Waals surface area contributed by atoms with E-state index in [0.717, 1.165) is 30.7 Å². The van der Waals surface area contributed by atoms with Crippen LogP contribution in [0.2, 0.25) is 0 Å². The number of carbonyl (C=O) groups is 1. The number of likely N-dealkylation sites (tertiary alicyclic amines) is 1. The van der Waals surface area contributed by atoms with Crippen LogP contribution in [0.1, 0.15) is 35.6 Å². The maximum Gasteiger partial charge on any atom is 0.416 e. The molecule has 0 spiro atoms. The zero-order chi connectivity index (χ0) is 18.0. The van der Waals surface area contributed by atoms with Crippen LogP contribution in [0.25, 0.3) is 0 Å². The molecule has 1 saturated heterocycles. The summed E-state index contributed by atoms with van der Waals surface area (Å²) < 4.78 is 40.1. The third-order valence-corrected chi connectivity index (χ3v) is 4.54. The Morgan fingerprint density at radius 2 is 2.12 bits per heavy atom. The summed E-state index contributed by atoms with van der Waals surface area (Å²) in [5.41, 5.74) is 0.627. The Labute approximate surface area is 144 Å². The SMILES string of the molecule is Cn1ccc([C@@H]2CCCN(C(=O)Cc3cccc(C(F)(F)F)c3)C2)n1. The van der Waals surface area contributed by atoms with Crippen molar-refractivity contribution in [3.63, 3.8) is 0 Å². The largest absolute Gasteiger partial charge is 0.416 e. The highest BCUT2D eigenvalue weighted by Gasteiger charge is 2.31. The molecule has 0 saturated carbocycles. The summed E-state index contributed by atoms with van der Waals surface area (Å²) in [6, 6.07) is 6.93. The van der Waals surface area contributed by atoms with Crippen LogP contribution in [0.3, 0.4) is 0 Å². The van der Waals surface area contributed by atoms with Crippen molar-refractivity contribution < 1.29 is 18.0 Å². The van der Waals surface area contributed by atoms with E-state index in [2.05, 4.69) is 5.10 Å². The predicted octanol–water partition coefficient (Wildman–Crippen LogP) is 3.39. The third kappa shape index (κ3) is 4.21. The highest BCUT2D eigenvalue weighted by molar-refractivity contribution is 5.79. The maximum absolute atomic E-state index is 12.8. The van der Waals surface area contributed by atoms with Gasteiger partial charge < -0.3 is 4.90 Å². The molecule has 1 aliphatic rings. The van der Waals surface area contributed by atoms with Crippen LogP contribution in [0, 0.1) is 0 Å². The molecule has 0 bridgehead atoms. The summed E-state index contributed by atoms with van der Waals surface area (Å²) in [5, 5.41) is 4.40. The van der Waals surface area contributed by atoms with Crippen molar-refractivity contribution in [2.24, 2.45) is 7.05 Å². The summed E-state index contributed by atoms with van der Waals surface area (Å²) in [6.07, 6.45) is -0.703. The molecule has 0 aliphatic carbocycles. The number of aromatic nitrogens is 2. The molecule has 1 fully saturated rings. The Kier molecular flexibility index (Phi) is 4.83. The number of rotatable bonds is 3. The van der Waals surface area contributed by atoms with Crippen molar-refractivity contribution in [2.45, 2.75) is 31.4 Å². The monoisotopic (exact) mass is 351 g/mol. The van der Waals surface area contributed by atoms with Gasteiger partial charge in [0.25, 0.3) is 0 Å². The van der Waals surface area contributed by atoms with Gasteiger partial charge in [-0.3, -0.25) is 9.48 Å². The minimum atomic E-state index is -4.39. The van der Waals surface area contributed by atoms with Crippen molar-refractivity contribution in [3.8, 4) is 0 Å². The average molecular weight is 351 g/mol. The molecule has 1 aromatic heterocycles. The lowest BCUT2D eigenvalue weighted by molar-refractivity contribution is -0.138. The van der Waals surface area contributed by atoms with Crippen molar-refractivity contribution in [1.29, 1.82) is 0 Å².